The summed E-state index contributed by atoms with van der Waals surface area (Å²) in [7, 11) is 1.42. The first kappa shape index (κ1) is 16.4. The molecule has 0 amide bonds. The summed E-state index contributed by atoms with van der Waals surface area (Å²) in [6.45, 7) is 4.89. The van der Waals surface area contributed by atoms with Crippen molar-refractivity contribution in [3.8, 4) is 0 Å². The van der Waals surface area contributed by atoms with Gasteiger partial charge in [-0.25, -0.2) is 0 Å². The molecule has 0 spiro atoms. The zero-order valence-corrected chi connectivity index (χ0v) is 13.6. The number of H-pyrrole nitrogens is 2. The Morgan fingerprint density at radius 3 is 2.14 bits per heavy atom. The number of aromatic amines is 2. The number of ether oxygens (including phenoxy) is 1. The van der Waals surface area contributed by atoms with Gasteiger partial charge < -0.3 is 20.4 Å². The zero-order valence-electron chi connectivity index (χ0n) is 13.6. The monoisotopic (exact) mass is 303 g/mol. The lowest BCUT2D eigenvalue weighted by Gasteiger charge is -2.04. The first-order valence-corrected chi connectivity index (χ1v) is 7.65. The molecule has 0 radical (unpaired) electrons. The maximum Gasteiger partial charge on any atom is 0.305 e. The molecule has 4 N–H and O–H groups in total. The Morgan fingerprint density at radius 2 is 1.64 bits per heavy atom. The number of aromatic nitrogens is 2. The first-order chi connectivity index (χ1) is 10.6. The molecule has 0 aliphatic carbocycles. The molecule has 0 aliphatic heterocycles. The van der Waals surface area contributed by atoms with Crippen molar-refractivity contribution in [3.05, 3.63) is 46.0 Å². The Balaban J connectivity index is 2.07. The molecule has 0 aromatic carbocycles. The van der Waals surface area contributed by atoms with E-state index >= 15 is 0 Å². The van der Waals surface area contributed by atoms with E-state index < -0.39 is 0 Å². The SMILES string of the molecule is COC(=O)CCc1c[nH]c(Cc2[nH]cc(CCN)c2C)c1C. The predicted molar refractivity (Wildman–Crippen MR) is 87.0 cm³/mol. The van der Waals surface area contributed by atoms with E-state index in [4.69, 9.17) is 10.5 Å². The van der Waals surface area contributed by atoms with Crippen molar-refractivity contribution < 1.29 is 9.53 Å². The highest BCUT2D eigenvalue weighted by atomic mass is 16.5. The fraction of sp³-hybridized carbons (Fsp3) is 0.471. The van der Waals surface area contributed by atoms with E-state index in [0.717, 1.165) is 12.8 Å². The summed E-state index contributed by atoms with van der Waals surface area (Å²) in [4.78, 5) is 17.9. The van der Waals surface area contributed by atoms with Crippen molar-refractivity contribution in [1.82, 2.24) is 9.97 Å². The van der Waals surface area contributed by atoms with Crippen LogP contribution >= 0.6 is 0 Å². The number of esters is 1. The van der Waals surface area contributed by atoms with Crippen LogP contribution in [0, 0.1) is 13.8 Å². The van der Waals surface area contributed by atoms with Crippen LogP contribution in [-0.4, -0.2) is 29.6 Å². The lowest BCUT2D eigenvalue weighted by atomic mass is 10.0. The molecule has 0 bridgehead atoms. The molecule has 5 nitrogen and oxygen atoms in total. The number of methoxy groups -OCH3 is 1. The fourth-order valence-electron chi connectivity index (χ4n) is 2.73. The number of hydrogen-bond donors (Lipinski definition) is 3. The highest BCUT2D eigenvalue weighted by molar-refractivity contribution is 5.69. The molecule has 5 heteroatoms. The fourth-order valence-corrected chi connectivity index (χ4v) is 2.73. The summed E-state index contributed by atoms with van der Waals surface area (Å²) in [5.74, 6) is -0.172. The van der Waals surface area contributed by atoms with E-state index in [1.165, 1.54) is 40.8 Å². The minimum atomic E-state index is -0.172. The molecule has 0 atom stereocenters. The Morgan fingerprint density at radius 1 is 1.09 bits per heavy atom. The van der Waals surface area contributed by atoms with Crippen molar-refractivity contribution in [2.24, 2.45) is 5.73 Å². The largest absolute Gasteiger partial charge is 0.469 e. The van der Waals surface area contributed by atoms with Gasteiger partial charge in [0.1, 0.15) is 0 Å². The summed E-state index contributed by atoms with van der Waals surface area (Å²) in [6.07, 6.45) is 6.89. The lowest BCUT2D eigenvalue weighted by molar-refractivity contribution is -0.140. The normalized spacial score (nSPS) is 10.9. The highest BCUT2D eigenvalue weighted by Crippen LogP contribution is 2.21. The van der Waals surface area contributed by atoms with Gasteiger partial charge in [0.25, 0.3) is 0 Å². The molecule has 2 rings (SSSR count). The molecular formula is C17H25N3O2. The molecule has 0 fully saturated rings. The number of carbonyl (C=O) groups excluding carboxylic acids is 1. The second-order valence-electron chi connectivity index (χ2n) is 5.63. The molecule has 120 valence electrons. The summed E-state index contributed by atoms with van der Waals surface area (Å²) in [5, 5.41) is 0. The van der Waals surface area contributed by atoms with Crippen LogP contribution in [0.3, 0.4) is 0 Å². The van der Waals surface area contributed by atoms with E-state index in [1.54, 1.807) is 0 Å². The van der Waals surface area contributed by atoms with E-state index in [2.05, 4.69) is 23.8 Å². The van der Waals surface area contributed by atoms with Crippen molar-refractivity contribution in [1.29, 1.82) is 0 Å². The van der Waals surface area contributed by atoms with Gasteiger partial charge in [-0.05, 0) is 55.5 Å². The number of hydrogen-bond acceptors (Lipinski definition) is 3. The Bertz CT molecular complexity index is 640. The van der Waals surface area contributed by atoms with Crippen molar-refractivity contribution >= 4 is 5.97 Å². The topological polar surface area (TPSA) is 83.9 Å². The van der Waals surface area contributed by atoms with Gasteiger partial charge >= 0.3 is 5.97 Å². The third-order valence-electron chi connectivity index (χ3n) is 4.30. The zero-order chi connectivity index (χ0) is 16.1. The second-order valence-corrected chi connectivity index (χ2v) is 5.63. The maximum atomic E-state index is 11.3. The smallest absolute Gasteiger partial charge is 0.305 e. The average Bonchev–Trinajstić information content (AvgIpc) is 3.03. The number of nitrogens with two attached hydrogens (primary N) is 1. The number of nitrogens with one attached hydrogen (secondary N) is 2. The van der Waals surface area contributed by atoms with Gasteiger partial charge in [-0.2, -0.15) is 0 Å². The van der Waals surface area contributed by atoms with Gasteiger partial charge in [-0.3, -0.25) is 4.79 Å². The average molecular weight is 303 g/mol. The molecule has 0 saturated heterocycles. The van der Waals surface area contributed by atoms with Crippen LogP contribution in [-0.2, 0) is 28.8 Å². The minimum Gasteiger partial charge on any atom is -0.469 e. The van der Waals surface area contributed by atoms with E-state index in [0.29, 0.717) is 19.4 Å². The molecule has 0 unspecified atom stereocenters. The van der Waals surface area contributed by atoms with Crippen LogP contribution in [0.25, 0.3) is 0 Å². The van der Waals surface area contributed by atoms with Crippen LogP contribution < -0.4 is 5.73 Å². The van der Waals surface area contributed by atoms with E-state index in [9.17, 15) is 4.79 Å². The third kappa shape index (κ3) is 3.60. The molecule has 22 heavy (non-hydrogen) atoms. The first-order valence-electron chi connectivity index (χ1n) is 7.65. The Labute approximate surface area is 131 Å². The van der Waals surface area contributed by atoms with Gasteiger partial charge in [0.05, 0.1) is 7.11 Å². The van der Waals surface area contributed by atoms with E-state index in [-0.39, 0.29) is 5.97 Å². The molecule has 0 saturated carbocycles. The molecule has 2 aromatic rings. The summed E-state index contributed by atoms with van der Waals surface area (Å²) < 4.78 is 4.69. The number of carbonyl (C=O) groups is 1. The van der Waals surface area contributed by atoms with Crippen molar-refractivity contribution in [3.63, 3.8) is 0 Å². The van der Waals surface area contributed by atoms with Gasteiger partial charge in [-0.15, -0.1) is 0 Å². The van der Waals surface area contributed by atoms with Crippen LogP contribution in [0.2, 0.25) is 0 Å². The van der Waals surface area contributed by atoms with Crippen LogP contribution in [0.1, 0.15) is 40.1 Å². The Kier molecular flexibility index (Phi) is 5.44. The van der Waals surface area contributed by atoms with Crippen LogP contribution in [0.15, 0.2) is 12.4 Å². The highest BCUT2D eigenvalue weighted by Gasteiger charge is 2.12. The molecule has 2 aromatic heterocycles. The summed E-state index contributed by atoms with van der Waals surface area (Å²) in [5.41, 5.74) is 13.0. The van der Waals surface area contributed by atoms with Gasteiger partial charge in [0.15, 0.2) is 0 Å². The van der Waals surface area contributed by atoms with Gasteiger partial charge in [-0.1, -0.05) is 0 Å². The number of rotatable bonds is 7. The standard InChI is InChI=1S/C17H25N3O2/c1-11-13(4-5-17(21)22-3)9-19-15(11)8-16-12(2)14(6-7-18)10-20-16/h9-10,19-20H,4-8,18H2,1-3H3. The summed E-state index contributed by atoms with van der Waals surface area (Å²) in [6, 6.07) is 0. The predicted octanol–water partition coefficient (Wildman–Crippen LogP) is 2.16. The Hall–Kier alpha value is -2.01. The molecule has 0 aliphatic rings. The maximum absolute atomic E-state index is 11.3. The number of aryl methyl sites for hydroxylation is 1. The molecular weight excluding hydrogens is 278 g/mol. The van der Waals surface area contributed by atoms with Gasteiger partial charge in [0.2, 0.25) is 0 Å². The quantitative estimate of drug-likeness (QED) is 0.685. The summed E-state index contributed by atoms with van der Waals surface area (Å²) >= 11 is 0. The van der Waals surface area contributed by atoms with Crippen molar-refractivity contribution in [2.75, 3.05) is 13.7 Å². The van der Waals surface area contributed by atoms with Crippen molar-refractivity contribution in [2.45, 2.75) is 39.5 Å². The van der Waals surface area contributed by atoms with Gasteiger partial charge in [0, 0.05) is 36.6 Å². The third-order valence-corrected chi connectivity index (χ3v) is 4.30. The lowest BCUT2D eigenvalue weighted by Crippen LogP contribution is -2.03. The van der Waals surface area contributed by atoms with E-state index in [1.807, 2.05) is 12.4 Å². The minimum absolute atomic E-state index is 0.172. The van der Waals surface area contributed by atoms with Crippen LogP contribution in [0.5, 0.6) is 0 Å². The molecule has 2 heterocycles. The second kappa shape index (κ2) is 7.31. The van der Waals surface area contributed by atoms with Crippen LogP contribution in [0.4, 0.5) is 0 Å².